The third-order valence-electron chi connectivity index (χ3n) is 3.33. The first-order valence-electron chi connectivity index (χ1n) is 8.19. The van der Waals surface area contributed by atoms with Gasteiger partial charge in [0.25, 0.3) is 0 Å². The van der Waals surface area contributed by atoms with Crippen LogP contribution in [0.1, 0.15) is 62.3 Å². The molecule has 1 atom stereocenters. The van der Waals surface area contributed by atoms with Crippen molar-refractivity contribution in [2.45, 2.75) is 68.4 Å². The fraction of sp³-hybridized carbons (Fsp3) is 0.684. The van der Waals surface area contributed by atoms with Gasteiger partial charge in [0.15, 0.2) is 11.6 Å². The molecule has 0 saturated heterocycles. The van der Waals surface area contributed by atoms with E-state index >= 15 is 0 Å². The lowest BCUT2D eigenvalue weighted by molar-refractivity contribution is -0.122. The Morgan fingerprint density at radius 2 is 1.26 bits per heavy atom. The molecule has 132 valence electrons. The predicted molar refractivity (Wildman–Crippen MR) is 97.0 cm³/mol. The molecule has 0 aliphatic carbocycles. The van der Waals surface area contributed by atoms with Crippen molar-refractivity contribution in [2.24, 2.45) is 10.8 Å². The lowest BCUT2D eigenvalue weighted by Gasteiger charge is -2.19. The second-order valence-corrected chi connectivity index (χ2v) is 8.31. The van der Waals surface area contributed by atoms with Crippen LogP contribution in [-0.4, -0.2) is 24.2 Å². The lowest BCUT2D eigenvalue weighted by atomic mass is 9.90. The minimum atomic E-state index is -0.364. The van der Waals surface area contributed by atoms with Crippen molar-refractivity contribution in [3.63, 3.8) is 0 Å². The van der Waals surface area contributed by atoms with Crippen molar-refractivity contribution in [2.75, 3.05) is 6.54 Å². The van der Waals surface area contributed by atoms with Gasteiger partial charge in [-0.25, -0.2) is 0 Å². The van der Waals surface area contributed by atoms with Crippen LogP contribution in [0, 0.1) is 10.8 Å². The van der Waals surface area contributed by atoms with E-state index in [4.69, 9.17) is 0 Å². The van der Waals surface area contributed by atoms with E-state index < -0.39 is 0 Å². The SMILES string of the molecule is C/C(=C\C(=O)C(C)(C)C)NCC(C)N/C(C)=C/C(=O)C(C)(C)C. The highest BCUT2D eigenvalue weighted by atomic mass is 16.1. The van der Waals surface area contributed by atoms with Crippen molar-refractivity contribution < 1.29 is 9.59 Å². The topological polar surface area (TPSA) is 58.2 Å². The van der Waals surface area contributed by atoms with Crippen LogP contribution in [0.2, 0.25) is 0 Å². The molecular formula is C19H34N2O2. The monoisotopic (exact) mass is 322 g/mol. The van der Waals surface area contributed by atoms with Gasteiger partial charge in [0.05, 0.1) is 0 Å². The van der Waals surface area contributed by atoms with Crippen molar-refractivity contribution in [1.82, 2.24) is 10.6 Å². The Labute approximate surface area is 141 Å². The quantitative estimate of drug-likeness (QED) is 0.703. The maximum atomic E-state index is 12.0. The second-order valence-electron chi connectivity index (χ2n) is 8.31. The molecule has 23 heavy (non-hydrogen) atoms. The molecule has 0 aliphatic heterocycles. The Balaban J connectivity index is 4.49. The van der Waals surface area contributed by atoms with E-state index in [2.05, 4.69) is 10.6 Å². The number of nitrogens with one attached hydrogen (secondary N) is 2. The maximum absolute atomic E-state index is 12.0. The van der Waals surface area contributed by atoms with Gasteiger partial charge in [-0.3, -0.25) is 9.59 Å². The number of hydrogen-bond acceptors (Lipinski definition) is 4. The van der Waals surface area contributed by atoms with Crippen LogP contribution < -0.4 is 10.6 Å². The third kappa shape index (κ3) is 9.22. The molecule has 0 saturated carbocycles. The largest absolute Gasteiger partial charge is 0.386 e. The van der Waals surface area contributed by atoms with Crippen molar-refractivity contribution in [3.05, 3.63) is 23.5 Å². The standard InChI is InChI=1S/C19H34N2O2/c1-13(10-16(22)18(4,5)6)20-12-15(3)21-14(2)11-17(23)19(7,8)9/h10-11,15,20-21H,12H2,1-9H3/b13-10+,14-11+. The van der Waals surface area contributed by atoms with Gasteiger partial charge in [-0.15, -0.1) is 0 Å². The zero-order valence-corrected chi connectivity index (χ0v) is 16.3. The van der Waals surface area contributed by atoms with E-state index in [0.29, 0.717) is 6.54 Å². The summed E-state index contributed by atoms with van der Waals surface area (Å²) >= 11 is 0. The third-order valence-corrected chi connectivity index (χ3v) is 3.33. The summed E-state index contributed by atoms with van der Waals surface area (Å²) in [7, 11) is 0. The van der Waals surface area contributed by atoms with Gasteiger partial charge in [0.2, 0.25) is 0 Å². The molecule has 0 amide bonds. The fourth-order valence-corrected chi connectivity index (χ4v) is 1.67. The van der Waals surface area contributed by atoms with Gasteiger partial charge in [-0.05, 0) is 20.8 Å². The van der Waals surface area contributed by atoms with Gasteiger partial charge >= 0.3 is 0 Å². The molecule has 0 aromatic carbocycles. The highest BCUT2D eigenvalue weighted by molar-refractivity contribution is 5.94. The van der Waals surface area contributed by atoms with E-state index in [1.54, 1.807) is 12.2 Å². The van der Waals surface area contributed by atoms with Crippen LogP contribution in [0.25, 0.3) is 0 Å². The molecule has 0 radical (unpaired) electrons. The molecule has 0 fully saturated rings. The molecular weight excluding hydrogens is 288 g/mol. The summed E-state index contributed by atoms with van der Waals surface area (Å²) in [6.07, 6.45) is 3.31. The van der Waals surface area contributed by atoms with Gasteiger partial charge in [0, 0.05) is 47.0 Å². The van der Waals surface area contributed by atoms with Gasteiger partial charge in [-0.1, -0.05) is 41.5 Å². The summed E-state index contributed by atoms with van der Waals surface area (Å²) in [6, 6.07) is 0.145. The van der Waals surface area contributed by atoms with Crippen LogP contribution in [0.15, 0.2) is 23.5 Å². The minimum Gasteiger partial charge on any atom is -0.386 e. The maximum Gasteiger partial charge on any atom is 0.162 e. The van der Waals surface area contributed by atoms with E-state index in [1.165, 1.54) is 0 Å². The summed E-state index contributed by atoms with van der Waals surface area (Å²) in [5.41, 5.74) is 0.980. The van der Waals surface area contributed by atoms with E-state index in [1.807, 2.05) is 62.3 Å². The number of allylic oxidation sites excluding steroid dienone is 4. The number of ketones is 2. The molecule has 0 spiro atoms. The molecule has 0 aromatic heterocycles. The lowest BCUT2D eigenvalue weighted by Crippen LogP contribution is -2.35. The zero-order valence-electron chi connectivity index (χ0n) is 16.3. The summed E-state index contributed by atoms with van der Waals surface area (Å²) in [5, 5.41) is 6.53. The Morgan fingerprint density at radius 1 is 0.870 bits per heavy atom. The fourth-order valence-electron chi connectivity index (χ4n) is 1.67. The number of carbonyl (C=O) groups excluding carboxylic acids is 2. The van der Waals surface area contributed by atoms with Gasteiger partial charge < -0.3 is 10.6 Å². The summed E-state index contributed by atoms with van der Waals surface area (Å²) < 4.78 is 0. The van der Waals surface area contributed by atoms with Crippen molar-refractivity contribution in [3.8, 4) is 0 Å². The molecule has 1 unspecified atom stereocenters. The Hall–Kier alpha value is -1.58. The normalized spacial score (nSPS) is 15.2. The molecule has 0 heterocycles. The highest BCUT2D eigenvalue weighted by Crippen LogP contribution is 2.16. The van der Waals surface area contributed by atoms with Crippen molar-refractivity contribution in [1.29, 1.82) is 0 Å². The average Bonchev–Trinajstić information content (AvgIpc) is 2.33. The first kappa shape index (κ1) is 21.4. The van der Waals surface area contributed by atoms with Crippen LogP contribution in [0.5, 0.6) is 0 Å². The summed E-state index contributed by atoms with van der Waals surface area (Å²) in [6.45, 7) is 17.9. The second kappa shape index (κ2) is 8.32. The Bertz CT molecular complexity index is 488. The van der Waals surface area contributed by atoms with E-state index in [-0.39, 0.29) is 28.4 Å². The zero-order chi connectivity index (χ0) is 18.4. The molecule has 0 rings (SSSR count). The summed E-state index contributed by atoms with van der Waals surface area (Å²) in [5.74, 6) is 0.212. The van der Waals surface area contributed by atoms with Crippen LogP contribution in [0.4, 0.5) is 0 Å². The molecule has 4 heteroatoms. The minimum absolute atomic E-state index is 0.106. The van der Waals surface area contributed by atoms with Gasteiger partial charge in [-0.2, -0.15) is 0 Å². The molecule has 4 nitrogen and oxygen atoms in total. The summed E-state index contributed by atoms with van der Waals surface area (Å²) in [4.78, 5) is 23.9. The number of hydrogen-bond donors (Lipinski definition) is 2. The molecule has 0 bridgehead atoms. The smallest absolute Gasteiger partial charge is 0.162 e. The predicted octanol–water partition coefficient (Wildman–Crippen LogP) is 3.59. The first-order valence-corrected chi connectivity index (χ1v) is 8.19. The van der Waals surface area contributed by atoms with E-state index in [9.17, 15) is 9.59 Å². The van der Waals surface area contributed by atoms with E-state index in [0.717, 1.165) is 11.4 Å². The van der Waals surface area contributed by atoms with Crippen LogP contribution in [-0.2, 0) is 9.59 Å². The molecule has 0 aliphatic rings. The molecule has 0 aromatic rings. The Kier molecular flexibility index (Phi) is 7.75. The number of carbonyl (C=O) groups is 2. The van der Waals surface area contributed by atoms with Crippen LogP contribution in [0.3, 0.4) is 0 Å². The molecule has 2 N–H and O–H groups in total. The Morgan fingerprint density at radius 3 is 1.65 bits per heavy atom. The highest BCUT2D eigenvalue weighted by Gasteiger charge is 2.20. The average molecular weight is 322 g/mol. The van der Waals surface area contributed by atoms with Crippen LogP contribution >= 0.6 is 0 Å². The van der Waals surface area contributed by atoms with Crippen molar-refractivity contribution >= 4 is 11.6 Å². The van der Waals surface area contributed by atoms with Gasteiger partial charge in [0.1, 0.15) is 0 Å². The number of rotatable bonds is 7. The first-order chi connectivity index (χ1) is 10.2.